The molecule has 0 heterocycles. The van der Waals surface area contributed by atoms with Crippen LogP contribution in [0.2, 0.25) is 0 Å². The van der Waals surface area contributed by atoms with Crippen LogP contribution in [0.1, 0.15) is 66.8 Å². The zero-order valence-electron chi connectivity index (χ0n) is 15.0. The molecule has 0 bridgehead atoms. The Morgan fingerprint density at radius 1 is 0.870 bits per heavy atom. The Labute approximate surface area is 140 Å². The minimum Gasteiger partial charge on any atom is -0.207 e. The smallest absolute Gasteiger partial charge is 0.126 e. The Morgan fingerprint density at radius 2 is 1.52 bits per heavy atom. The van der Waals surface area contributed by atoms with Crippen LogP contribution in [-0.2, 0) is 12.8 Å². The zero-order valence-corrected chi connectivity index (χ0v) is 15.0. The molecule has 0 aliphatic carbocycles. The van der Waals surface area contributed by atoms with Crippen LogP contribution < -0.4 is 0 Å². The summed E-state index contributed by atoms with van der Waals surface area (Å²) in [6, 6.07) is 12.6. The Bertz CT molecular complexity index is 621. The van der Waals surface area contributed by atoms with Crippen LogP contribution in [0.15, 0.2) is 36.4 Å². The maximum atomic E-state index is 13.7. The summed E-state index contributed by atoms with van der Waals surface area (Å²) in [6.45, 7) is 8.48. The Balaban J connectivity index is 1.96. The predicted molar refractivity (Wildman–Crippen MR) is 97.7 cm³/mol. The number of rotatable bonds is 7. The average Bonchev–Trinajstić information content (AvgIpc) is 2.57. The Kier molecular flexibility index (Phi) is 6.38. The summed E-state index contributed by atoms with van der Waals surface area (Å²) in [4.78, 5) is 0. The van der Waals surface area contributed by atoms with Crippen LogP contribution in [0.5, 0.6) is 0 Å². The highest BCUT2D eigenvalue weighted by Gasteiger charge is 2.08. The fraction of sp³-hybridized carbons (Fsp3) is 0.455. The first-order valence-corrected chi connectivity index (χ1v) is 8.90. The largest absolute Gasteiger partial charge is 0.207 e. The molecule has 124 valence electrons. The van der Waals surface area contributed by atoms with Gasteiger partial charge in [-0.25, -0.2) is 4.39 Å². The second-order valence-electron chi connectivity index (χ2n) is 6.58. The second kappa shape index (κ2) is 8.29. The average molecular weight is 312 g/mol. The van der Waals surface area contributed by atoms with Crippen molar-refractivity contribution in [1.82, 2.24) is 0 Å². The van der Waals surface area contributed by atoms with E-state index in [1.807, 2.05) is 13.0 Å². The van der Waals surface area contributed by atoms with E-state index in [9.17, 15) is 4.39 Å². The SMILES string of the molecule is CCC(CC)c1ccc(CCCc2c(C)ccc(F)c2C)cc1. The monoisotopic (exact) mass is 312 g/mol. The molecular weight excluding hydrogens is 283 g/mol. The standard InChI is InChI=1S/C22H29F/c1-5-19(6-2)20-13-11-18(12-14-20)8-7-9-21-16(3)10-15-22(23)17(21)4/h10-15,19H,5-9H2,1-4H3. The van der Waals surface area contributed by atoms with E-state index < -0.39 is 0 Å². The first kappa shape index (κ1) is 17.7. The lowest BCUT2D eigenvalue weighted by Gasteiger charge is -2.13. The summed E-state index contributed by atoms with van der Waals surface area (Å²) in [6.07, 6.45) is 5.47. The Hall–Kier alpha value is -1.63. The summed E-state index contributed by atoms with van der Waals surface area (Å²) < 4.78 is 13.7. The molecular formula is C22H29F. The first-order chi connectivity index (χ1) is 11.1. The minimum absolute atomic E-state index is 0.0832. The highest BCUT2D eigenvalue weighted by Crippen LogP contribution is 2.24. The van der Waals surface area contributed by atoms with Crippen molar-refractivity contribution < 1.29 is 4.39 Å². The van der Waals surface area contributed by atoms with Gasteiger partial charge in [0.05, 0.1) is 0 Å². The molecule has 2 aromatic rings. The minimum atomic E-state index is -0.0832. The zero-order chi connectivity index (χ0) is 16.8. The number of halogens is 1. The summed E-state index contributed by atoms with van der Waals surface area (Å²) >= 11 is 0. The van der Waals surface area contributed by atoms with E-state index in [4.69, 9.17) is 0 Å². The van der Waals surface area contributed by atoms with Crippen LogP contribution in [0.25, 0.3) is 0 Å². The predicted octanol–water partition coefficient (Wildman–Crippen LogP) is 6.52. The Morgan fingerprint density at radius 3 is 2.13 bits per heavy atom. The van der Waals surface area contributed by atoms with Gasteiger partial charge in [-0.05, 0) is 85.8 Å². The molecule has 0 amide bonds. The van der Waals surface area contributed by atoms with Crippen molar-refractivity contribution in [2.75, 3.05) is 0 Å². The van der Waals surface area contributed by atoms with E-state index >= 15 is 0 Å². The highest BCUT2D eigenvalue weighted by atomic mass is 19.1. The van der Waals surface area contributed by atoms with Crippen molar-refractivity contribution in [3.8, 4) is 0 Å². The van der Waals surface area contributed by atoms with Crippen molar-refractivity contribution in [2.45, 2.75) is 65.7 Å². The van der Waals surface area contributed by atoms with Gasteiger partial charge in [-0.15, -0.1) is 0 Å². The van der Waals surface area contributed by atoms with Crippen LogP contribution in [0.4, 0.5) is 4.39 Å². The van der Waals surface area contributed by atoms with Gasteiger partial charge in [0.1, 0.15) is 5.82 Å². The quantitative estimate of drug-likeness (QED) is 0.546. The molecule has 23 heavy (non-hydrogen) atoms. The van der Waals surface area contributed by atoms with Gasteiger partial charge in [0.25, 0.3) is 0 Å². The lowest BCUT2D eigenvalue weighted by molar-refractivity contribution is 0.613. The van der Waals surface area contributed by atoms with E-state index in [0.29, 0.717) is 5.92 Å². The summed E-state index contributed by atoms with van der Waals surface area (Å²) in [7, 11) is 0. The third-order valence-electron chi connectivity index (χ3n) is 5.10. The van der Waals surface area contributed by atoms with Crippen molar-refractivity contribution in [2.24, 2.45) is 0 Å². The van der Waals surface area contributed by atoms with Crippen LogP contribution in [0.3, 0.4) is 0 Å². The molecule has 0 fully saturated rings. The van der Waals surface area contributed by atoms with Gasteiger partial charge < -0.3 is 0 Å². The number of benzene rings is 2. The number of hydrogen-bond donors (Lipinski definition) is 0. The van der Waals surface area contributed by atoms with E-state index in [0.717, 1.165) is 24.8 Å². The lowest BCUT2D eigenvalue weighted by Crippen LogP contribution is -1.99. The van der Waals surface area contributed by atoms with E-state index in [1.165, 1.54) is 35.1 Å². The number of aryl methyl sites for hydroxylation is 2. The number of hydrogen-bond acceptors (Lipinski definition) is 0. The van der Waals surface area contributed by atoms with Crippen molar-refractivity contribution >= 4 is 0 Å². The molecule has 0 spiro atoms. The molecule has 0 nitrogen and oxygen atoms in total. The van der Waals surface area contributed by atoms with E-state index in [2.05, 4.69) is 45.0 Å². The lowest BCUT2D eigenvalue weighted by atomic mass is 9.92. The van der Waals surface area contributed by atoms with Crippen molar-refractivity contribution in [3.05, 3.63) is 70.0 Å². The molecule has 2 rings (SSSR count). The molecule has 2 aromatic carbocycles. The molecule has 0 saturated carbocycles. The van der Waals surface area contributed by atoms with Gasteiger partial charge in [0, 0.05) is 0 Å². The molecule has 0 aliphatic heterocycles. The molecule has 0 unspecified atom stereocenters. The van der Waals surface area contributed by atoms with Crippen LogP contribution in [-0.4, -0.2) is 0 Å². The molecule has 0 aromatic heterocycles. The molecule has 0 radical (unpaired) electrons. The van der Waals surface area contributed by atoms with Gasteiger partial charge in [0.15, 0.2) is 0 Å². The van der Waals surface area contributed by atoms with Crippen LogP contribution in [0, 0.1) is 19.7 Å². The molecule has 0 saturated heterocycles. The maximum Gasteiger partial charge on any atom is 0.126 e. The van der Waals surface area contributed by atoms with Gasteiger partial charge in [-0.3, -0.25) is 0 Å². The normalized spacial score (nSPS) is 11.2. The third-order valence-corrected chi connectivity index (χ3v) is 5.10. The molecule has 1 heteroatoms. The van der Waals surface area contributed by atoms with Crippen LogP contribution >= 0.6 is 0 Å². The van der Waals surface area contributed by atoms with Crippen molar-refractivity contribution in [1.29, 1.82) is 0 Å². The molecule has 0 atom stereocenters. The van der Waals surface area contributed by atoms with Gasteiger partial charge in [-0.1, -0.05) is 44.2 Å². The second-order valence-corrected chi connectivity index (χ2v) is 6.58. The highest BCUT2D eigenvalue weighted by molar-refractivity contribution is 5.35. The summed E-state index contributed by atoms with van der Waals surface area (Å²) in [5.41, 5.74) is 6.03. The van der Waals surface area contributed by atoms with Gasteiger partial charge in [-0.2, -0.15) is 0 Å². The van der Waals surface area contributed by atoms with Gasteiger partial charge >= 0.3 is 0 Å². The third kappa shape index (κ3) is 4.43. The maximum absolute atomic E-state index is 13.7. The molecule has 0 aliphatic rings. The first-order valence-electron chi connectivity index (χ1n) is 8.90. The molecule has 0 N–H and O–H groups in total. The van der Waals surface area contributed by atoms with E-state index in [1.54, 1.807) is 6.07 Å². The van der Waals surface area contributed by atoms with Crippen molar-refractivity contribution in [3.63, 3.8) is 0 Å². The fourth-order valence-corrected chi connectivity index (χ4v) is 3.43. The summed E-state index contributed by atoms with van der Waals surface area (Å²) in [5, 5.41) is 0. The topological polar surface area (TPSA) is 0 Å². The van der Waals surface area contributed by atoms with Gasteiger partial charge in [0.2, 0.25) is 0 Å². The summed E-state index contributed by atoms with van der Waals surface area (Å²) in [5.74, 6) is 0.599. The van der Waals surface area contributed by atoms with E-state index in [-0.39, 0.29) is 5.82 Å². The fourth-order valence-electron chi connectivity index (χ4n) is 3.43.